The molecular formula is C17H20N2O4. The van der Waals surface area contributed by atoms with Crippen molar-refractivity contribution in [1.82, 2.24) is 5.32 Å². The third-order valence-corrected chi connectivity index (χ3v) is 3.41. The number of phenols is 1. The first-order valence-electron chi connectivity index (χ1n) is 7.12. The highest BCUT2D eigenvalue weighted by atomic mass is 16.5. The van der Waals surface area contributed by atoms with E-state index < -0.39 is 6.03 Å². The highest BCUT2D eigenvalue weighted by molar-refractivity contribution is 5.91. The van der Waals surface area contributed by atoms with Crippen LogP contribution in [-0.4, -0.2) is 25.4 Å². The minimum atomic E-state index is -0.409. The molecule has 2 aromatic rings. The Labute approximate surface area is 135 Å². The van der Waals surface area contributed by atoms with E-state index in [1.165, 1.54) is 6.07 Å². The van der Waals surface area contributed by atoms with Crippen LogP contribution in [0.1, 0.15) is 18.5 Å². The molecule has 0 heterocycles. The van der Waals surface area contributed by atoms with Gasteiger partial charge < -0.3 is 25.2 Å². The summed E-state index contributed by atoms with van der Waals surface area (Å²) in [6, 6.07) is 11.3. The fourth-order valence-corrected chi connectivity index (χ4v) is 2.14. The standard InChI is InChI=1S/C17H20N2O4/c1-11(12-8-9-15(22-2)16(10-12)23-3)18-17(21)19-13-6-4-5-7-14(13)20/h4-11,20H,1-3H3,(H2,18,19,21). The van der Waals surface area contributed by atoms with Gasteiger partial charge in [0.25, 0.3) is 0 Å². The molecule has 0 radical (unpaired) electrons. The number of para-hydroxylation sites is 2. The Morgan fingerprint density at radius 1 is 1.09 bits per heavy atom. The maximum Gasteiger partial charge on any atom is 0.319 e. The second kappa shape index (κ2) is 7.40. The maximum atomic E-state index is 12.0. The molecule has 0 spiro atoms. The lowest BCUT2D eigenvalue weighted by Crippen LogP contribution is -2.31. The highest BCUT2D eigenvalue weighted by Crippen LogP contribution is 2.30. The van der Waals surface area contributed by atoms with E-state index in [0.717, 1.165) is 5.56 Å². The van der Waals surface area contributed by atoms with E-state index in [1.807, 2.05) is 19.1 Å². The van der Waals surface area contributed by atoms with Crippen LogP contribution in [0.15, 0.2) is 42.5 Å². The molecule has 6 heteroatoms. The van der Waals surface area contributed by atoms with Crippen molar-refractivity contribution < 1.29 is 19.4 Å². The number of ether oxygens (including phenoxy) is 2. The van der Waals surface area contributed by atoms with Gasteiger partial charge in [0.15, 0.2) is 11.5 Å². The number of hydrogen-bond acceptors (Lipinski definition) is 4. The molecule has 0 aromatic heterocycles. The van der Waals surface area contributed by atoms with Crippen LogP contribution in [0.3, 0.4) is 0 Å². The minimum Gasteiger partial charge on any atom is -0.506 e. The largest absolute Gasteiger partial charge is 0.506 e. The normalized spacial score (nSPS) is 11.4. The molecule has 23 heavy (non-hydrogen) atoms. The molecule has 0 fully saturated rings. The van der Waals surface area contributed by atoms with Crippen LogP contribution in [-0.2, 0) is 0 Å². The van der Waals surface area contributed by atoms with Crippen LogP contribution in [0.2, 0.25) is 0 Å². The lowest BCUT2D eigenvalue weighted by molar-refractivity contribution is 0.249. The van der Waals surface area contributed by atoms with E-state index in [-0.39, 0.29) is 11.8 Å². The Bertz CT molecular complexity index is 688. The molecule has 0 bridgehead atoms. The number of amides is 2. The molecule has 0 aliphatic rings. The molecule has 0 saturated heterocycles. The Kier molecular flexibility index (Phi) is 5.30. The molecular weight excluding hydrogens is 296 g/mol. The third kappa shape index (κ3) is 4.06. The molecule has 3 N–H and O–H groups in total. The smallest absolute Gasteiger partial charge is 0.319 e. The molecule has 6 nitrogen and oxygen atoms in total. The van der Waals surface area contributed by atoms with Crippen molar-refractivity contribution in [3.63, 3.8) is 0 Å². The zero-order valence-electron chi connectivity index (χ0n) is 13.3. The van der Waals surface area contributed by atoms with Crippen LogP contribution in [0.5, 0.6) is 17.2 Å². The van der Waals surface area contributed by atoms with E-state index in [1.54, 1.807) is 38.5 Å². The van der Waals surface area contributed by atoms with Gasteiger partial charge in [0.2, 0.25) is 0 Å². The van der Waals surface area contributed by atoms with Crippen molar-refractivity contribution in [2.24, 2.45) is 0 Å². The van der Waals surface area contributed by atoms with Gasteiger partial charge in [-0.3, -0.25) is 0 Å². The summed E-state index contributed by atoms with van der Waals surface area (Å²) in [4.78, 5) is 12.0. The predicted octanol–water partition coefficient (Wildman–Crippen LogP) is 3.29. The molecule has 2 aromatic carbocycles. The van der Waals surface area contributed by atoms with Crippen molar-refractivity contribution in [2.45, 2.75) is 13.0 Å². The summed E-state index contributed by atoms with van der Waals surface area (Å²) in [6.07, 6.45) is 0. The van der Waals surface area contributed by atoms with Crippen molar-refractivity contribution in [3.05, 3.63) is 48.0 Å². The van der Waals surface area contributed by atoms with Gasteiger partial charge in [0.05, 0.1) is 25.9 Å². The number of methoxy groups -OCH3 is 2. The highest BCUT2D eigenvalue weighted by Gasteiger charge is 2.13. The average Bonchev–Trinajstić information content (AvgIpc) is 2.56. The number of phenolic OH excluding ortho intramolecular Hbond substituents is 1. The number of carbonyl (C=O) groups excluding carboxylic acids is 1. The Balaban J connectivity index is 2.05. The van der Waals surface area contributed by atoms with Crippen molar-refractivity contribution in [3.8, 4) is 17.2 Å². The van der Waals surface area contributed by atoms with Crippen LogP contribution in [0, 0.1) is 0 Å². The van der Waals surface area contributed by atoms with Crippen LogP contribution in [0.4, 0.5) is 10.5 Å². The van der Waals surface area contributed by atoms with Gasteiger partial charge in [0, 0.05) is 0 Å². The van der Waals surface area contributed by atoms with Gasteiger partial charge in [-0.05, 0) is 36.8 Å². The maximum absolute atomic E-state index is 12.0. The lowest BCUT2D eigenvalue weighted by atomic mass is 10.1. The van der Waals surface area contributed by atoms with Crippen LogP contribution >= 0.6 is 0 Å². The molecule has 0 aliphatic carbocycles. The van der Waals surface area contributed by atoms with Gasteiger partial charge in [-0.2, -0.15) is 0 Å². The van der Waals surface area contributed by atoms with Gasteiger partial charge in [-0.1, -0.05) is 18.2 Å². The van der Waals surface area contributed by atoms with Crippen molar-refractivity contribution >= 4 is 11.7 Å². The Morgan fingerprint density at radius 2 is 1.78 bits per heavy atom. The topological polar surface area (TPSA) is 79.8 Å². The quantitative estimate of drug-likeness (QED) is 0.740. The van der Waals surface area contributed by atoms with Crippen molar-refractivity contribution in [1.29, 1.82) is 0 Å². The number of anilines is 1. The second-order valence-electron chi connectivity index (χ2n) is 4.95. The monoisotopic (exact) mass is 316 g/mol. The average molecular weight is 316 g/mol. The van der Waals surface area contributed by atoms with E-state index in [9.17, 15) is 9.90 Å². The SMILES string of the molecule is COc1ccc(C(C)NC(=O)Nc2ccccc2O)cc1OC. The molecule has 1 atom stereocenters. The summed E-state index contributed by atoms with van der Waals surface area (Å²) >= 11 is 0. The van der Waals surface area contributed by atoms with Crippen LogP contribution < -0.4 is 20.1 Å². The summed E-state index contributed by atoms with van der Waals surface area (Å²) in [6.45, 7) is 1.85. The zero-order valence-corrected chi connectivity index (χ0v) is 13.3. The number of hydrogen-bond donors (Lipinski definition) is 3. The fourth-order valence-electron chi connectivity index (χ4n) is 2.14. The van der Waals surface area contributed by atoms with E-state index in [2.05, 4.69) is 10.6 Å². The predicted molar refractivity (Wildman–Crippen MR) is 88.2 cm³/mol. The van der Waals surface area contributed by atoms with Gasteiger partial charge in [0.1, 0.15) is 5.75 Å². The number of rotatable bonds is 5. The minimum absolute atomic E-state index is 0.0152. The summed E-state index contributed by atoms with van der Waals surface area (Å²) < 4.78 is 10.4. The summed E-state index contributed by atoms with van der Waals surface area (Å²) in [5.74, 6) is 1.24. The van der Waals surface area contributed by atoms with E-state index >= 15 is 0 Å². The first-order chi connectivity index (χ1) is 11.0. The first kappa shape index (κ1) is 16.5. The number of carbonyl (C=O) groups is 1. The van der Waals surface area contributed by atoms with Crippen molar-refractivity contribution in [2.75, 3.05) is 19.5 Å². The lowest BCUT2D eigenvalue weighted by Gasteiger charge is -2.17. The summed E-state index contributed by atoms with van der Waals surface area (Å²) in [7, 11) is 3.13. The first-order valence-corrected chi connectivity index (χ1v) is 7.12. The Morgan fingerprint density at radius 3 is 2.43 bits per heavy atom. The van der Waals surface area contributed by atoms with Gasteiger partial charge in [-0.25, -0.2) is 4.79 Å². The number of benzene rings is 2. The zero-order chi connectivity index (χ0) is 16.8. The molecule has 2 amide bonds. The van der Waals surface area contributed by atoms with Crippen LogP contribution in [0.25, 0.3) is 0 Å². The molecule has 0 aliphatic heterocycles. The Hall–Kier alpha value is -2.89. The number of urea groups is 1. The fraction of sp³-hybridized carbons (Fsp3) is 0.235. The second-order valence-corrected chi connectivity index (χ2v) is 4.95. The number of aromatic hydroxyl groups is 1. The van der Waals surface area contributed by atoms with Gasteiger partial charge in [-0.15, -0.1) is 0 Å². The third-order valence-electron chi connectivity index (χ3n) is 3.41. The van der Waals surface area contributed by atoms with E-state index in [0.29, 0.717) is 17.2 Å². The van der Waals surface area contributed by atoms with E-state index in [4.69, 9.17) is 9.47 Å². The van der Waals surface area contributed by atoms with Gasteiger partial charge >= 0.3 is 6.03 Å². The molecule has 122 valence electrons. The summed E-state index contributed by atoms with van der Waals surface area (Å²) in [5, 5.41) is 15.1. The number of nitrogens with one attached hydrogen (secondary N) is 2. The molecule has 0 saturated carbocycles. The molecule has 1 unspecified atom stereocenters. The summed E-state index contributed by atoms with van der Waals surface area (Å²) in [5.41, 5.74) is 1.22. The molecule has 2 rings (SSSR count).